The second kappa shape index (κ2) is 8.27. The summed E-state index contributed by atoms with van der Waals surface area (Å²) in [5.41, 5.74) is 5.48. The molecular weight excluding hydrogens is 222 g/mol. The minimum atomic E-state index is 0.273. The zero-order valence-electron chi connectivity index (χ0n) is 10.5. The highest BCUT2D eigenvalue weighted by molar-refractivity contribution is 5.79. The van der Waals surface area contributed by atoms with Crippen molar-refractivity contribution in [1.82, 2.24) is 4.90 Å². The smallest absolute Gasteiger partial charge is 0.140 e. The lowest BCUT2D eigenvalue weighted by Crippen LogP contribution is -2.35. The van der Waals surface area contributed by atoms with Crippen LogP contribution in [0.25, 0.3) is 0 Å². The van der Waals surface area contributed by atoms with Crippen LogP contribution in [0.1, 0.15) is 12.8 Å². The van der Waals surface area contributed by atoms with Gasteiger partial charge in [0.1, 0.15) is 5.84 Å². The van der Waals surface area contributed by atoms with Crippen LogP contribution in [0.15, 0.2) is 5.16 Å². The van der Waals surface area contributed by atoms with E-state index < -0.39 is 0 Å². The maximum atomic E-state index is 8.51. The van der Waals surface area contributed by atoms with E-state index in [2.05, 4.69) is 10.1 Å². The Kier molecular flexibility index (Phi) is 6.91. The van der Waals surface area contributed by atoms with E-state index in [9.17, 15) is 0 Å². The predicted molar refractivity (Wildman–Crippen MR) is 65.3 cm³/mol. The Hall–Kier alpha value is -0.850. The normalized spacial score (nSPS) is 21.3. The number of rotatable bonds is 8. The molecule has 0 aromatic rings. The average molecular weight is 245 g/mol. The van der Waals surface area contributed by atoms with Crippen LogP contribution in [0.2, 0.25) is 0 Å². The monoisotopic (exact) mass is 245 g/mol. The lowest BCUT2D eigenvalue weighted by atomic mass is 10.1. The van der Waals surface area contributed by atoms with Gasteiger partial charge >= 0.3 is 0 Å². The first kappa shape index (κ1) is 14.2. The molecule has 100 valence electrons. The minimum absolute atomic E-state index is 0.273. The highest BCUT2D eigenvalue weighted by atomic mass is 16.5. The van der Waals surface area contributed by atoms with Gasteiger partial charge in [0.25, 0.3) is 0 Å². The summed E-state index contributed by atoms with van der Waals surface area (Å²) in [4.78, 5) is 2.28. The van der Waals surface area contributed by atoms with Gasteiger partial charge < -0.3 is 25.3 Å². The van der Waals surface area contributed by atoms with Gasteiger partial charge in [-0.25, -0.2) is 0 Å². The number of nitrogens with two attached hydrogens (primary N) is 1. The Labute approximate surface area is 102 Å². The van der Waals surface area contributed by atoms with Crippen LogP contribution in [-0.4, -0.2) is 62.5 Å². The molecule has 1 fully saturated rings. The van der Waals surface area contributed by atoms with Crippen molar-refractivity contribution < 1.29 is 14.7 Å². The standard InChI is InChI=1S/C11H23N3O3/c1-16-7-5-14(4-2-11(12)13-15)8-10-3-6-17-9-10/h10,15H,2-9H2,1H3,(H2,12,13). The molecule has 1 heterocycles. The SMILES string of the molecule is COCCN(CCC(N)=NO)CC1CCOC1. The molecule has 17 heavy (non-hydrogen) atoms. The lowest BCUT2D eigenvalue weighted by molar-refractivity contribution is 0.130. The zero-order chi connectivity index (χ0) is 12.5. The Morgan fingerprint density at radius 2 is 2.41 bits per heavy atom. The summed E-state index contributed by atoms with van der Waals surface area (Å²) in [5.74, 6) is 0.870. The van der Waals surface area contributed by atoms with Crippen LogP contribution in [0.4, 0.5) is 0 Å². The van der Waals surface area contributed by atoms with Gasteiger partial charge in [-0.15, -0.1) is 0 Å². The molecule has 0 aromatic heterocycles. The van der Waals surface area contributed by atoms with Crippen molar-refractivity contribution in [3.05, 3.63) is 0 Å². The second-order valence-corrected chi connectivity index (χ2v) is 4.36. The van der Waals surface area contributed by atoms with Gasteiger partial charge in [0, 0.05) is 39.8 Å². The summed E-state index contributed by atoms with van der Waals surface area (Å²) >= 11 is 0. The molecule has 0 aliphatic carbocycles. The number of hydrogen-bond acceptors (Lipinski definition) is 5. The summed E-state index contributed by atoms with van der Waals surface area (Å²) in [6.45, 7) is 5.04. The molecule has 1 rings (SSSR count). The maximum absolute atomic E-state index is 8.51. The molecule has 1 saturated heterocycles. The molecule has 0 spiro atoms. The molecule has 0 aromatic carbocycles. The summed E-state index contributed by atoms with van der Waals surface area (Å²) in [5, 5.41) is 11.5. The number of nitrogens with zero attached hydrogens (tertiary/aromatic N) is 2. The Bertz CT molecular complexity index is 230. The number of amidine groups is 1. The minimum Gasteiger partial charge on any atom is -0.409 e. The van der Waals surface area contributed by atoms with E-state index in [1.54, 1.807) is 7.11 Å². The number of ether oxygens (including phenoxy) is 2. The van der Waals surface area contributed by atoms with Gasteiger partial charge in [0.15, 0.2) is 0 Å². The fourth-order valence-corrected chi connectivity index (χ4v) is 1.93. The fourth-order valence-electron chi connectivity index (χ4n) is 1.93. The van der Waals surface area contributed by atoms with Crippen LogP contribution in [0, 0.1) is 5.92 Å². The largest absolute Gasteiger partial charge is 0.409 e. The molecule has 1 aliphatic heterocycles. The molecule has 0 amide bonds. The zero-order valence-corrected chi connectivity index (χ0v) is 10.5. The van der Waals surface area contributed by atoms with Gasteiger partial charge in [0.2, 0.25) is 0 Å². The molecule has 6 nitrogen and oxygen atoms in total. The summed E-state index contributed by atoms with van der Waals surface area (Å²) < 4.78 is 10.4. The number of hydrogen-bond donors (Lipinski definition) is 2. The predicted octanol–water partition coefficient (Wildman–Crippen LogP) is 0.108. The van der Waals surface area contributed by atoms with E-state index in [1.165, 1.54) is 0 Å². The van der Waals surface area contributed by atoms with Crippen molar-refractivity contribution in [3.8, 4) is 0 Å². The van der Waals surface area contributed by atoms with Crippen molar-refractivity contribution in [2.75, 3.05) is 46.6 Å². The topological polar surface area (TPSA) is 80.3 Å². The van der Waals surface area contributed by atoms with Crippen molar-refractivity contribution in [3.63, 3.8) is 0 Å². The van der Waals surface area contributed by atoms with Gasteiger partial charge in [-0.2, -0.15) is 0 Å². The van der Waals surface area contributed by atoms with Gasteiger partial charge in [0.05, 0.1) is 13.2 Å². The molecule has 6 heteroatoms. The first-order valence-corrected chi connectivity index (χ1v) is 6.01. The molecule has 0 saturated carbocycles. The van der Waals surface area contributed by atoms with Gasteiger partial charge in [-0.05, 0) is 12.3 Å². The molecular formula is C11H23N3O3. The molecule has 3 N–H and O–H groups in total. The van der Waals surface area contributed by atoms with Gasteiger partial charge in [-0.1, -0.05) is 5.16 Å². The van der Waals surface area contributed by atoms with Gasteiger partial charge in [-0.3, -0.25) is 0 Å². The number of oxime groups is 1. The third kappa shape index (κ3) is 5.86. The second-order valence-electron chi connectivity index (χ2n) is 4.36. The molecule has 1 aliphatic rings. The van der Waals surface area contributed by atoms with Crippen molar-refractivity contribution in [2.45, 2.75) is 12.8 Å². The molecule has 1 atom stereocenters. The third-order valence-corrected chi connectivity index (χ3v) is 2.96. The van der Waals surface area contributed by atoms with Crippen LogP contribution < -0.4 is 5.73 Å². The van der Waals surface area contributed by atoms with Crippen LogP contribution in [0.3, 0.4) is 0 Å². The van der Waals surface area contributed by atoms with E-state index >= 15 is 0 Å². The van der Waals surface area contributed by atoms with Crippen LogP contribution in [-0.2, 0) is 9.47 Å². The van der Waals surface area contributed by atoms with Crippen molar-refractivity contribution in [1.29, 1.82) is 0 Å². The first-order valence-electron chi connectivity index (χ1n) is 6.01. The van der Waals surface area contributed by atoms with Crippen LogP contribution in [0.5, 0.6) is 0 Å². The molecule has 1 unspecified atom stereocenters. The highest BCUT2D eigenvalue weighted by Crippen LogP contribution is 2.14. The molecule has 0 radical (unpaired) electrons. The maximum Gasteiger partial charge on any atom is 0.140 e. The third-order valence-electron chi connectivity index (χ3n) is 2.96. The van der Waals surface area contributed by atoms with E-state index in [1.807, 2.05) is 0 Å². The average Bonchev–Trinajstić information content (AvgIpc) is 2.84. The quantitative estimate of drug-likeness (QED) is 0.274. The Morgan fingerprint density at radius 3 is 3.00 bits per heavy atom. The first-order chi connectivity index (χ1) is 8.26. The molecule has 0 bridgehead atoms. The Balaban J connectivity index is 2.30. The van der Waals surface area contributed by atoms with E-state index in [0.29, 0.717) is 18.9 Å². The van der Waals surface area contributed by atoms with E-state index in [4.69, 9.17) is 20.4 Å². The number of methoxy groups -OCH3 is 1. The van der Waals surface area contributed by atoms with E-state index in [0.717, 1.165) is 39.3 Å². The fraction of sp³-hybridized carbons (Fsp3) is 0.909. The summed E-state index contributed by atoms with van der Waals surface area (Å²) in [7, 11) is 1.69. The summed E-state index contributed by atoms with van der Waals surface area (Å²) in [6.07, 6.45) is 1.70. The Morgan fingerprint density at radius 1 is 1.59 bits per heavy atom. The van der Waals surface area contributed by atoms with E-state index in [-0.39, 0.29) is 5.84 Å². The highest BCUT2D eigenvalue weighted by Gasteiger charge is 2.19. The summed E-state index contributed by atoms with van der Waals surface area (Å²) in [6, 6.07) is 0. The van der Waals surface area contributed by atoms with Crippen LogP contribution >= 0.6 is 0 Å². The lowest BCUT2D eigenvalue weighted by Gasteiger charge is -2.24. The van der Waals surface area contributed by atoms with Crippen molar-refractivity contribution >= 4 is 5.84 Å². The van der Waals surface area contributed by atoms with Crippen molar-refractivity contribution in [2.24, 2.45) is 16.8 Å².